The molecule has 0 saturated heterocycles. The van der Waals surface area contributed by atoms with Gasteiger partial charge in [0.2, 0.25) is 5.91 Å². The number of fused-ring (bicyclic) bond motifs is 1. The van der Waals surface area contributed by atoms with Crippen molar-refractivity contribution in [2.24, 2.45) is 0 Å². The molecule has 4 aromatic carbocycles. The second-order valence-corrected chi connectivity index (χ2v) is 8.75. The number of H-pyrrole nitrogens is 1. The molecular formula is C28H23N3OS. The van der Waals surface area contributed by atoms with E-state index in [1.807, 2.05) is 78.9 Å². The molecule has 2 N–H and O–H groups in total. The van der Waals surface area contributed by atoms with Crippen molar-refractivity contribution in [3.8, 4) is 22.5 Å². The van der Waals surface area contributed by atoms with Gasteiger partial charge in [0.05, 0.1) is 11.4 Å². The summed E-state index contributed by atoms with van der Waals surface area (Å²) in [4.78, 5) is 20.9. The number of amides is 1. The first kappa shape index (κ1) is 21.0. The molecular weight excluding hydrogens is 426 g/mol. The summed E-state index contributed by atoms with van der Waals surface area (Å²) in [6.45, 7) is 0. The molecule has 1 amide bonds. The van der Waals surface area contributed by atoms with Gasteiger partial charge in [-0.1, -0.05) is 109 Å². The largest absolute Gasteiger partial charge is 0.332 e. The lowest BCUT2D eigenvalue weighted by molar-refractivity contribution is -0.115. The van der Waals surface area contributed by atoms with Crippen molar-refractivity contribution in [1.82, 2.24) is 9.97 Å². The van der Waals surface area contributed by atoms with Crippen LogP contribution in [0.4, 0.5) is 5.69 Å². The van der Waals surface area contributed by atoms with Crippen LogP contribution in [0.2, 0.25) is 0 Å². The number of aromatic nitrogens is 2. The highest BCUT2D eigenvalue weighted by Gasteiger charge is 2.15. The SMILES string of the molecule is O=C(CCSc1nc(-c2ccccc2)c(-c2ccccc2)[nH]1)Nc1cccc2ccccc12. The van der Waals surface area contributed by atoms with Crippen LogP contribution in [0.5, 0.6) is 0 Å². The number of thioether (sulfide) groups is 1. The number of aromatic amines is 1. The Morgan fingerprint density at radius 1 is 0.788 bits per heavy atom. The summed E-state index contributed by atoms with van der Waals surface area (Å²) in [5, 5.41) is 6.03. The van der Waals surface area contributed by atoms with Crippen LogP contribution >= 0.6 is 11.8 Å². The first-order chi connectivity index (χ1) is 16.3. The van der Waals surface area contributed by atoms with E-state index in [-0.39, 0.29) is 5.91 Å². The molecule has 0 radical (unpaired) electrons. The molecule has 0 saturated carbocycles. The van der Waals surface area contributed by atoms with E-state index < -0.39 is 0 Å². The Morgan fingerprint density at radius 2 is 1.45 bits per heavy atom. The fourth-order valence-corrected chi connectivity index (χ4v) is 4.64. The zero-order valence-corrected chi connectivity index (χ0v) is 18.8. The van der Waals surface area contributed by atoms with Crippen molar-refractivity contribution >= 4 is 34.1 Å². The third kappa shape index (κ3) is 4.83. The summed E-state index contributed by atoms with van der Waals surface area (Å²) >= 11 is 1.56. The topological polar surface area (TPSA) is 57.8 Å². The van der Waals surface area contributed by atoms with Crippen molar-refractivity contribution in [3.63, 3.8) is 0 Å². The van der Waals surface area contributed by atoms with Crippen molar-refractivity contribution in [3.05, 3.63) is 103 Å². The molecule has 1 heterocycles. The molecule has 5 heteroatoms. The van der Waals surface area contributed by atoms with Crippen LogP contribution in [0, 0.1) is 0 Å². The summed E-state index contributed by atoms with van der Waals surface area (Å²) in [6, 6.07) is 34.4. The maximum Gasteiger partial charge on any atom is 0.225 e. The number of hydrogen-bond acceptors (Lipinski definition) is 3. The number of imidazole rings is 1. The third-order valence-electron chi connectivity index (χ3n) is 5.42. The molecule has 0 bridgehead atoms. The van der Waals surface area contributed by atoms with E-state index in [2.05, 4.69) is 34.6 Å². The molecule has 0 aliphatic rings. The van der Waals surface area contributed by atoms with Crippen LogP contribution in [0.15, 0.2) is 108 Å². The van der Waals surface area contributed by atoms with E-state index in [0.29, 0.717) is 12.2 Å². The van der Waals surface area contributed by atoms with E-state index in [4.69, 9.17) is 4.98 Å². The Bertz CT molecular complexity index is 1320. The Kier molecular flexibility index (Phi) is 6.22. The number of rotatable bonds is 7. The summed E-state index contributed by atoms with van der Waals surface area (Å²) in [7, 11) is 0. The summed E-state index contributed by atoms with van der Waals surface area (Å²) in [5.41, 5.74) is 4.91. The molecule has 1 aromatic heterocycles. The highest BCUT2D eigenvalue weighted by atomic mass is 32.2. The lowest BCUT2D eigenvalue weighted by atomic mass is 10.1. The van der Waals surface area contributed by atoms with E-state index in [0.717, 1.165) is 44.1 Å². The average Bonchev–Trinajstić information content (AvgIpc) is 3.30. The van der Waals surface area contributed by atoms with Gasteiger partial charge in [0, 0.05) is 34.4 Å². The van der Waals surface area contributed by atoms with Crippen molar-refractivity contribution in [2.45, 2.75) is 11.6 Å². The van der Waals surface area contributed by atoms with Gasteiger partial charge in [-0.05, 0) is 11.5 Å². The van der Waals surface area contributed by atoms with E-state index >= 15 is 0 Å². The molecule has 4 nitrogen and oxygen atoms in total. The molecule has 0 unspecified atom stereocenters. The number of benzene rings is 4. The molecule has 0 atom stereocenters. The van der Waals surface area contributed by atoms with Crippen molar-refractivity contribution in [1.29, 1.82) is 0 Å². The Balaban J connectivity index is 1.29. The molecule has 0 spiro atoms. The fourth-order valence-electron chi connectivity index (χ4n) is 3.83. The van der Waals surface area contributed by atoms with Gasteiger partial charge in [0.25, 0.3) is 0 Å². The van der Waals surface area contributed by atoms with Crippen molar-refractivity contribution < 1.29 is 4.79 Å². The Labute approximate surface area is 197 Å². The molecule has 0 fully saturated rings. The number of carbonyl (C=O) groups excluding carboxylic acids is 1. The van der Waals surface area contributed by atoms with Crippen LogP contribution in [-0.2, 0) is 4.79 Å². The summed E-state index contributed by atoms with van der Waals surface area (Å²) < 4.78 is 0. The summed E-state index contributed by atoms with van der Waals surface area (Å²) in [5.74, 6) is 0.629. The third-order valence-corrected chi connectivity index (χ3v) is 6.30. The maximum atomic E-state index is 12.6. The number of carbonyl (C=O) groups is 1. The first-order valence-electron chi connectivity index (χ1n) is 10.9. The van der Waals surface area contributed by atoms with Gasteiger partial charge >= 0.3 is 0 Å². The van der Waals surface area contributed by atoms with Gasteiger partial charge in [-0.3, -0.25) is 4.79 Å². The standard InChI is InChI=1S/C28H23N3OS/c32-25(29-24-17-9-15-20-10-7-8-16-23(20)24)18-19-33-28-30-26(21-11-3-1-4-12-21)27(31-28)22-13-5-2-6-14-22/h1-17H,18-19H2,(H,29,32)(H,30,31). The van der Waals surface area contributed by atoms with Gasteiger partial charge in [0.15, 0.2) is 5.16 Å². The molecule has 162 valence electrons. The van der Waals surface area contributed by atoms with Gasteiger partial charge in [-0.2, -0.15) is 0 Å². The number of anilines is 1. The van der Waals surface area contributed by atoms with E-state index in [9.17, 15) is 4.79 Å². The molecule has 5 aromatic rings. The highest BCUT2D eigenvalue weighted by molar-refractivity contribution is 7.99. The van der Waals surface area contributed by atoms with Crippen LogP contribution in [-0.4, -0.2) is 21.6 Å². The monoisotopic (exact) mass is 449 g/mol. The van der Waals surface area contributed by atoms with Gasteiger partial charge < -0.3 is 10.3 Å². The normalized spacial score (nSPS) is 10.9. The lowest BCUT2D eigenvalue weighted by Crippen LogP contribution is -2.12. The van der Waals surface area contributed by atoms with Crippen LogP contribution in [0.25, 0.3) is 33.3 Å². The van der Waals surface area contributed by atoms with E-state index in [1.54, 1.807) is 11.8 Å². The molecule has 0 aliphatic heterocycles. The maximum absolute atomic E-state index is 12.6. The van der Waals surface area contributed by atoms with Crippen LogP contribution in [0.3, 0.4) is 0 Å². The quantitative estimate of drug-likeness (QED) is 0.263. The smallest absolute Gasteiger partial charge is 0.225 e. The van der Waals surface area contributed by atoms with E-state index in [1.165, 1.54) is 0 Å². The zero-order chi connectivity index (χ0) is 22.5. The predicted molar refractivity (Wildman–Crippen MR) is 137 cm³/mol. The van der Waals surface area contributed by atoms with Crippen LogP contribution in [0.1, 0.15) is 6.42 Å². The average molecular weight is 450 g/mol. The minimum Gasteiger partial charge on any atom is -0.332 e. The fraction of sp³-hybridized carbons (Fsp3) is 0.0714. The Hall–Kier alpha value is -3.83. The number of hydrogen-bond donors (Lipinski definition) is 2. The molecule has 33 heavy (non-hydrogen) atoms. The number of nitrogens with zero attached hydrogens (tertiary/aromatic N) is 1. The molecule has 0 aliphatic carbocycles. The van der Waals surface area contributed by atoms with Crippen molar-refractivity contribution in [2.75, 3.05) is 11.1 Å². The minimum atomic E-state index is -0.00280. The van der Waals surface area contributed by atoms with Gasteiger partial charge in [-0.15, -0.1) is 0 Å². The minimum absolute atomic E-state index is 0.00280. The second-order valence-electron chi connectivity index (χ2n) is 7.67. The first-order valence-corrected chi connectivity index (χ1v) is 11.9. The molecule has 5 rings (SSSR count). The van der Waals surface area contributed by atoms with Gasteiger partial charge in [0.1, 0.15) is 0 Å². The lowest BCUT2D eigenvalue weighted by Gasteiger charge is -2.08. The second kappa shape index (κ2) is 9.76. The summed E-state index contributed by atoms with van der Waals surface area (Å²) in [6.07, 6.45) is 0.399. The predicted octanol–water partition coefficient (Wildman–Crippen LogP) is 7.02. The van der Waals surface area contributed by atoms with Gasteiger partial charge in [-0.25, -0.2) is 4.98 Å². The van der Waals surface area contributed by atoms with Crippen LogP contribution < -0.4 is 5.32 Å². The number of nitrogens with one attached hydrogen (secondary N) is 2. The zero-order valence-electron chi connectivity index (χ0n) is 18.0. The highest BCUT2D eigenvalue weighted by Crippen LogP contribution is 2.32. The Morgan fingerprint density at radius 3 is 2.24 bits per heavy atom.